The van der Waals surface area contributed by atoms with E-state index in [1.54, 1.807) is 18.2 Å². The van der Waals surface area contributed by atoms with E-state index in [1.807, 2.05) is 38.1 Å². The van der Waals surface area contributed by atoms with E-state index in [-0.39, 0.29) is 18.0 Å². The molecule has 2 aromatic rings. The number of allylic oxidation sites excluding steroid dienone is 5. The van der Waals surface area contributed by atoms with Crippen molar-refractivity contribution in [2.24, 2.45) is 5.73 Å². The highest BCUT2D eigenvalue weighted by Gasteiger charge is 2.10. The number of rotatable bonds is 10. The summed E-state index contributed by atoms with van der Waals surface area (Å²) in [6, 6.07) is 12.0. The van der Waals surface area contributed by atoms with Crippen LogP contribution in [0.4, 0.5) is 4.39 Å². The number of hydrogen-bond donors (Lipinski definition) is 1. The number of hydrogen-bond acceptors (Lipinski definition) is 3. The Morgan fingerprint density at radius 1 is 1.17 bits per heavy atom. The summed E-state index contributed by atoms with van der Waals surface area (Å²) >= 11 is 0. The predicted octanol–water partition coefficient (Wildman–Crippen LogP) is 5.70. The molecule has 2 N–H and O–H groups in total. The van der Waals surface area contributed by atoms with Crippen LogP contribution in [-0.2, 0) is 11.2 Å². The number of ketones is 1. The minimum Gasteiger partial charge on any atom is -0.494 e. The summed E-state index contributed by atoms with van der Waals surface area (Å²) in [5.74, 6) is 0.362. The smallest absolute Gasteiger partial charge is 0.162 e. The molecule has 4 heteroatoms. The number of carbonyl (C=O) groups is 1. The second-order valence-corrected chi connectivity index (χ2v) is 7.03. The van der Waals surface area contributed by atoms with E-state index in [2.05, 4.69) is 13.2 Å². The number of nitrogens with two attached hydrogens (primary N) is 1. The molecule has 2 aromatic carbocycles. The van der Waals surface area contributed by atoms with Crippen molar-refractivity contribution in [3.05, 3.63) is 108 Å². The Balaban J connectivity index is 2.00. The van der Waals surface area contributed by atoms with Gasteiger partial charge < -0.3 is 10.5 Å². The Morgan fingerprint density at radius 3 is 2.57 bits per heavy atom. The third-order valence-electron chi connectivity index (χ3n) is 4.59. The Hall–Kier alpha value is -3.40. The molecule has 0 bridgehead atoms. The van der Waals surface area contributed by atoms with E-state index < -0.39 is 0 Å². The van der Waals surface area contributed by atoms with Crippen LogP contribution in [-0.4, -0.2) is 12.4 Å². The average molecular weight is 406 g/mol. The van der Waals surface area contributed by atoms with Crippen LogP contribution in [0.1, 0.15) is 30.0 Å². The molecule has 0 aliphatic rings. The lowest BCUT2D eigenvalue weighted by Gasteiger charge is -2.10. The van der Waals surface area contributed by atoms with Crippen LogP contribution >= 0.6 is 0 Å². The Bertz CT molecular complexity index is 1000. The summed E-state index contributed by atoms with van der Waals surface area (Å²) in [5.41, 5.74) is 10.4. The van der Waals surface area contributed by atoms with E-state index in [9.17, 15) is 9.18 Å². The first-order chi connectivity index (χ1) is 14.3. The molecule has 0 fully saturated rings. The van der Waals surface area contributed by atoms with Gasteiger partial charge in [-0.05, 0) is 71.5 Å². The maximum atomic E-state index is 13.3. The lowest BCUT2D eigenvalue weighted by Crippen LogP contribution is -2.05. The van der Waals surface area contributed by atoms with Gasteiger partial charge in [-0.2, -0.15) is 0 Å². The zero-order chi connectivity index (χ0) is 22.1. The van der Waals surface area contributed by atoms with Gasteiger partial charge in [0.05, 0.1) is 6.61 Å². The minimum absolute atomic E-state index is 0.121. The highest BCUT2D eigenvalue weighted by molar-refractivity contribution is 5.97. The van der Waals surface area contributed by atoms with Crippen molar-refractivity contribution >= 4 is 11.4 Å². The van der Waals surface area contributed by atoms with E-state index in [0.717, 1.165) is 22.4 Å². The maximum absolute atomic E-state index is 13.3. The number of carbonyl (C=O) groups excluding carboxylic acids is 1. The first-order valence-electron chi connectivity index (χ1n) is 9.81. The minimum atomic E-state index is -0.328. The van der Waals surface area contributed by atoms with Crippen LogP contribution in [0, 0.1) is 12.7 Å². The molecule has 0 saturated carbocycles. The Morgan fingerprint density at radius 2 is 1.93 bits per heavy atom. The molecule has 0 saturated heterocycles. The van der Waals surface area contributed by atoms with E-state index in [0.29, 0.717) is 29.7 Å². The van der Waals surface area contributed by atoms with Gasteiger partial charge in [-0.15, -0.1) is 0 Å². The molecular formula is C26H28FNO2. The summed E-state index contributed by atoms with van der Waals surface area (Å²) in [5, 5.41) is 0. The normalized spacial score (nSPS) is 11.5. The number of ether oxygens (including phenoxy) is 1. The molecule has 0 aromatic heterocycles. The van der Waals surface area contributed by atoms with E-state index >= 15 is 0 Å². The molecule has 0 unspecified atom stereocenters. The molecule has 0 heterocycles. The monoisotopic (exact) mass is 405 g/mol. The van der Waals surface area contributed by atoms with Crippen molar-refractivity contribution in [3.8, 4) is 5.75 Å². The van der Waals surface area contributed by atoms with Crippen LogP contribution in [0.3, 0.4) is 0 Å². The second-order valence-electron chi connectivity index (χ2n) is 7.03. The zero-order valence-corrected chi connectivity index (χ0v) is 17.6. The third-order valence-corrected chi connectivity index (χ3v) is 4.59. The lowest BCUT2D eigenvalue weighted by molar-refractivity contribution is -0.114. The molecule has 2 rings (SSSR count). The van der Waals surface area contributed by atoms with Crippen molar-refractivity contribution < 1.29 is 13.9 Å². The zero-order valence-electron chi connectivity index (χ0n) is 17.6. The van der Waals surface area contributed by atoms with Gasteiger partial charge in [0.2, 0.25) is 0 Å². The highest BCUT2D eigenvalue weighted by atomic mass is 19.1. The van der Waals surface area contributed by atoms with Gasteiger partial charge in [0.25, 0.3) is 0 Å². The summed E-state index contributed by atoms with van der Waals surface area (Å²) in [6.45, 7) is 12.3. The summed E-state index contributed by atoms with van der Waals surface area (Å²) < 4.78 is 18.8. The van der Waals surface area contributed by atoms with Crippen LogP contribution in [0.15, 0.2) is 85.1 Å². The van der Waals surface area contributed by atoms with Gasteiger partial charge in [0, 0.05) is 19.0 Å². The largest absolute Gasteiger partial charge is 0.494 e. The topological polar surface area (TPSA) is 52.3 Å². The Kier molecular flexibility index (Phi) is 8.36. The van der Waals surface area contributed by atoms with Gasteiger partial charge in [-0.1, -0.05) is 43.5 Å². The molecule has 0 aliphatic heterocycles. The van der Waals surface area contributed by atoms with Gasteiger partial charge in [0.15, 0.2) is 5.78 Å². The quantitative estimate of drug-likeness (QED) is 0.407. The van der Waals surface area contributed by atoms with Crippen LogP contribution < -0.4 is 10.5 Å². The van der Waals surface area contributed by atoms with Gasteiger partial charge in [0.1, 0.15) is 11.6 Å². The van der Waals surface area contributed by atoms with Crippen LogP contribution in [0.25, 0.3) is 5.57 Å². The van der Waals surface area contributed by atoms with Crippen molar-refractivity contribution in [2.45, 2.75) is 26.7 Å². The molecule has 3 nitrogen and oxygen atoms in total. The average Bonchev–Trinajstić information content (AvgIpc) is 2.70. The fourth-order valence-electron chi connectivity index (χ4n) is 3.04. The molecule has 0 amide bonds. The van der Waals surface area contributed by atoms with Crippen molar-refractivity contribution in [2.75, 3.05) is 6.61 Å². The number of benzene rings is 2. The first-order valence-corrected chi connectivity index (χ1v) is 9.81. The molecular weight excluding hydrogens is 377 g/mol. The fourth-order valence-corrected chi connectivity index (χ4v) is 3.04. The molecule has 0 radical (unpaired) electrons. The van der Waals surface area contributed by atoms with E-state index in [4.69, 9.17) is 10.5 Å². The van der Waals surface area contributed by atoms with Crippen LogP contribution in [0.2, 0.25) is 0 Å². The van der Waals surface area contributed by atoms with Crippen molar-refractivity contribution in [1.82, 2.24) is 0 Å². The Labute approximate surface area is 178 Å². The number of aryl methyl sites for hydroxylation is 1. The third kappa shape index (κ3) is 6.59. The van der Waals surface area contributed by atoms with Gasteiger partial charge in [-0.3, -0.25) is 4.79 Å². The molecule has 156 valence electrons. The predicted molar refractivity (Wildman–Crippen MR) is 122 cm³/mol. The summed E-state index contributed by atoms with van der Waals surface area (Å²) in [6.07, 6.45) is 5.60. The number of halogens is 1. The maximum Gasteiger partial charge on any atom is 0.162 e. The van der Waals surface area contributed by atoms with Crippen LogP contribution in [0.5, 0.6) is 5.75 Å². The summed E-state index contributed by atoms with van der Waals surface area (Å²) in [7, 11) is 0. The van der Waals surface area contributed by atoms with Crippen molar-refractivity contribution in [3.63, 3.8) is 0 Å². The second kappa shape index (κ2) is 11.0. The molecule has 0 atom stereocenters. The first kappa shape index (κ1) is 22.9. The molecule has 30 heavy (non-hydrogen) atoms. The van der Waals surface area contributed by atoms with Gasteiger partial charge >= 0.3 is 0 Å². The standard InChI is InChI=1S/C26H28FNO2/c1-5-30-24-11-12-25(19(3)15-24)22(17-28)10-9-18(2)13-26(29)20(4)14-21-7-6-8-23(27)16-21/h6-12,15-17H,2,4-5,13-14,28H2,1,3H3/b10-9-,22-17+. The molecule has 0 spiro atoms. The molecule has 0 aliphatic carbocycles. The van der Waals surface area contributed by atoms with Gasteiger partial charge in [-0.25, -0.2) is 4.39 Å². The highest BCUT2D eigenvalue weighted by Crippen LogP contribution is 2.24. The number of Topliss-reactive ketones (excluding diaryl/α,β-unsaturated/α-hetero) is 1. The lowest BCUT2D eigenvalue weighted by atomic mass is 9.97. The summed E-state index contributed by atoms with van der Waals surface area (Å²) in [4.78, 5) is 12.4. The van der Waals surface area contributed by atoms with Crippen molar-refractivity contribution in [1.29, 1.82) is 0 Å². The van der Waals surface area contributed by atoms with E-state index in [1.165, 1.54) is 18.3 Å². The fraction of sp³-hybridized carbons (Fsp3) is 0.192. The SMILES string of the molecule is C=C(/C=C\C(=C/N)c1ccc(OCC)cc1C)CC(=O)C(=C)Cc1cccc(F)c1.